The summed E-state index contributed by atoms with van der Waals surface area (Å²) in [4.78, 5) is 42.7. The maximum absolute atomic E-state index is 13.5. The lowest BCUT2D eigenvalue weighted by Crippen LogP contribution is -2.37. The van der Waals surface area contributed by atoms with Gasteiger partial charge in [-0.05, 0) is 49.4 Å². The Labute approximate surface area is 193 Å². The number of anilines is 1. The molecule has 10 heteroatoms. The first-order valence-corrected chi connectivity index (χ1v) is 10.3. The quantitative estimate of drug-likeness (QED) is 0.343. The Morgan fingerprint density at radius 1 is 1.12 bits per heavy atom. The Morgan fingerprint density at radius 2 is 1.82 bits per heavy atom. The zero-order valence-corrected chi connectivity index (χ0v) is 18.3. The summed E-state index contributed by atoms with van der Waals surface area (Å²) in [6, 6.07) is 16.6. The second-order valence-corrected chi connectivity index (χ2v) is 7.63. The first kappa shape index (κ1) is 22.6. The molecule has 0 fully saturated rings. The second kappa shape index (κ2) is 9.10. The van der Waals surface area contributed by atoms with Crippen LogP contribution in [0.5, 0.6) is 0 Å². The van der Waals surface area contributed by atoms with Gasteiger partial charge in [-0.15, -0.1) is 0 Å². The summed E-state index contributed by atoms with van der Waals surface area (Å²) >= 11 is 0. The summed E-state index contributed by atoms with van der Waals surface area (Å²) in [7, 11) is 1.52. The normalized spacial score (nSPS) is 11.7. The van der Waals surface area contributed by atoms with Gasteiger partial charge < -0.3 is 10.2 Å². The van der Waals surface area contributed by atoms with E-state index in [9.17, 15) is 24.1 Å². The van der Waals surface area contributed by atoms with E-state index in [4.69, 9.17) is 0 Å². The number of carbonyl (C=O) groups is 1. The molecule has 0 aliphatic heterocycles. The number of halogens is 1. The van der Waals surface area contributed by atoms with Crippen molar-refractivity contribution in [1.29, 1.82) is 0 Å². The molecule has 0 aliphatic rings. The molecule has 4 rings (SSSR count). The minimum Gasteiger partial charge on any atom is -0.318 e. The molecule has 3 aromatic carbocycles. The van der Waals surface area contributed by atoms with Crippen molar-refractivity contribution in [1.82, 2.24) is 14.5 Å². The molecule has 0 spiro atoms. The van der Waals surface area contributed by atoms with E-state index in [1.54, 1.807) is 31.2 Å². The minimum absolute atomic E-state index is 0.158. The topological polar surface area (TPSA) is 110 Å². The van der Waals surface area contributed by atoms with Gasteiger partial charge in [0, 0.05) is 24.9 Å². The molecule has 2 amide bonds. The van der Waals surface area contributed by atoms with Crippen LogP contribution in [-0.4, -0.2) is 32.5 Å². The van der Waals surface area contributed by atoms with Gasteiger partial charge in [0.1, 0.15) is 11.6 Å². The van der Waals surface area contributed by atoms with Crippen LogP contribution in [-0.2, 0) is 0 Å². The summed E-state index contributed by atoms with van der Waals surface area (Å²) in [5.41, 5.74) is 0.598. The molecule has 34 heavy (non-hydrogen) atoms. The predicted molar refractivity (Wildman–Crippen MR) is 126 cm³/mol. The summed E-state index contributed by atoms with van der Waals surface area (Å²) in [5, 5.41) is 14.0. The Morgan fingerprint density at radius 3 is 2.53 bits per heavy atom. The van der Waals surface area contributed by atoms with Crippen LogP contribution in [0.1, 0.15) is 18.8 Å². The van der Waals surface area contributed by atoms with Crippen LogP contribution in [0.3, 0.4) is 0 Å². The number of urea groups is 1. The van der Waals surface area contributed by atoms with Crippen molar-refractivity contribution in [2.45, 2.75) is 13.0 Å². The number of nitro benzene ring substituents is 1. The molecule has 9 nitrogen and oxygen atoms in total. The number of nitrogens with zero attached hydrogens (tertiary/aromatic N) is 4. The fourth-order valence-electron chi connectivity index (χ4n) is 3.53. The van der Waals surface area contributed by atoms with E-state index < -0.39 is 22.8 Å². The maximum atomic E-state index is 13.5. The number of hydrogen-bond acceptors (Lipinski definition) is 5. The Balaban J connectivity index is 1.74. The molecule has 172 valence electrons. The van der Waals surface area contributed by atoms with E-state index in [2.05, 4.69) is 10.3 Å². The van der Waals surface area contributed by atoms with Gasteiger partial charge in [0.25, 0.3) is 11.2 Å². The summed E-state index contributed by atoms with van der Waals surface area (Å²) in [5.74, 6) is -0.180. The molecule has 4 aromatic rings. The third-order valence-corrected chi connectivity index (χ3v) is 5.47. The first-order chi connectivity index (χ1) is 16.3. The SMILES string of the molecule is CC(c1nc2ccccc2c(=O)n1-c1ccc(F)cc1)N(C)C(=O)Nc1cccc([N+](=O)[O-])c1. The van der Waals surface area contributed by atoms with Gasteiger partial charge in [0.05, 0.1) is 27.6 Å². The number of fused-ring (bicyclic) bond motifs is 1. The van der Waals surface area contributed by atoms with Crippen molar-refractivity contribution >= 4 is 28.3 Å². The molecule has 1 N–H and O–H groups in total. The van der Waals surface area contributed by atoms with Crippen molar-refractivity contribution < 1.29 is 14.1 Å². The molecule has 0 bridgehead atoms. The predicted octanol–water partition coefficient (Wildman–Crippen LogP) is 4.66. The van der Waals surface area contributed by atoms with Crippen LogP contribution >= 0.6 is 0 Å². The minimum atomic E-state index is -0.693. The monoisotopic (exact) mass is 461 g/mol. The van der Waals surface area contributed by atoms with Crippen molar-refractivity contribution in [2.24, 2.45) is 0 Å². The van der Waals surface area contributed by atoms with Gasteiger partial charge in [-0.3, -0.25) is 19.5 Å². The Hall–Kier alpha value is -4.60. The molecular formula is C24H20FN5O4. The standard InChI is InChI=1S/C24H20FN5O4/c1-15(28(2)24(32)26-17-6-5-7-19(14-17)30(33)34)22-27-21-9-4-3-8-20(21)23(31)29(22)18-12-10-16(25)11-13-18/h3-15H,1-2H3,(H,26,32). The van der Waals surface area contributed by atoms with Crippen LogP contribution < -0.4 is 10.9 Å². The maximum Gasteiger partial charge on any atom is 0.322 e. The van der Waals surface area contributed by atoms with Crippen LogP contribution in [0.4, 0.5) is 20.6 Å². The van der Waals surface area contributed by atoms with E-state index in [1.807, 2.05) is 0 Å². The molecule has 1 aromatic heterocycles. The largest absolute Gasteiger partial charge is 0.322 e. The van der Waals surface area contributed by atoms with E-state index in [-0.39, 0.29) is 22.8 Å². The van der Waals surface area contributed by atoms with E-state index >= 15 is 0 Å². The highest BCUT2D eigenvalue weighted by Crippen LogP contribution is 2.23. The number of para-hydroxylation sites is 1. The van der Waals surface area contributed by atoms with Gasteiger partial charge in [0.15, 0.2) is 0 Å². The van der Waals surface area contributed by atoms with Crippen molar-refractivity contribution in [2.75, 3.05) is 12.4 Å². The Bertz CT molecular complexity index is 1450. The first-order valence-electron chi connectivity index (χ1n) is 10.3. The summed E-state index contributed by atoms with van der Waals surface area (Å²) in [6.45, 7) is 1.70. The number of hydrogen-bond donors (Lipinski definition) is 1. The number of aromatic nitrogens is 2. The fraction of sp³-hybridized carbons (Fsp3) is 0.125. The van der Waals surface area contributed by atoms with Gasteiger partial charge in [-0.25, -0.2) is 14.2 Å². The molecule has 1 heterocycles. The number of benzene rings is 3. The number of nitrogens with one attached hydrogen (secondary N) is 1. The molecular weight excluding hydrogens is 441 g/mol. The lowest BCUT2D eigenvalue weighted by Gasteiger charge is -2.27. The van der Waals surface area contributed by atoms with Crippen LogP contribution in [0, 0.1) is 15.9 Å². The number of nitro groups is 1. The molecule has 0 saturated carbocycles. The summed E-state index contributed by atoms with van der Waals surface area (Å²) in [6.07, 6.45) is 0. The van der Waals surface area contributed by atoms with Gasteiger partial charge >= 0.3 is 6.03 Å². The van der Waals surface area contributed by atoms with Crippen molar-refractivity contribution in [3.63, 3.8) is 0 Å². The van der Waals surface area contributed by atoms with Crippen LogP contribution in [0.25, 0.3) is 16.6 Å². The lowest BCUT2D eigenvalue weighted by molar-refractivity contribution is -0.384. The third-order valence-electron chi connectivity index (χ3n) is 5.47. The number of carbonyl (C=O) groups excluding carboxylic acids is 1. The Kier molecular flexibility index (Phi) is 6.05. The van der Waals surface area contributed by atoms with E-state index in [0.29, 0.717) is 16.6 Å². The molecule has 0 radical (unpaired) electrons. The molecule has 0 aliphatic carbocycles. The highest BCUT2D eigenvalue weighted by atomic mass is 19.1. The number of rotatable bonds is 5. The van der Waals surface area contributed by atoms with Crippen LogP contribution in [0.15, 0.2) is 77.6 Å². The fourth-order valence-corrected chi connectivity index (χ4v) is 3.53. The lowest BCUT2D eigenvalue weighted by atomic mass is 10.2. The average molecular weight is 461 g/mol. The molecule has 0 saturated heterocycles. The van der Waals surface area contributed by atoms with Gasteiger partial charge in [0.2, 0.25) is 0 Å². The third kappa shape index (κ3) is 4.33. The zero-order valence-electron chi connectivity index (χ0n) is 18.3. The number of non-ortho nitro benzene ring substituents is 1. The van der Waals surface area contributed by atoms with Gasteiger partial charge in [-0.2, -0.15) is 0 Å². The second-order valence-electron chi connectivity index (χ2n) is 7.63. The van der Waals surface area contributed by atoms with Gasteiger partial charge in [-0.1, -0.05) is 18.2 Å². The smallest absolute Gasteiger partial charge is 0.318 e. The van der Waals surface area contributed by atoms with E-state index in [1.165, 1.54) is 65.0 Å². The van der Waals surface area contributed by atoms with Crippen molar-refractivity contribution in [3.05, 3.63) is 105 Å². The highest BCUT2D eigenvalue weighted by molar-refractivity contribution is 5.89. The highest BCUT2D eigenvalue weighted by Gasteiger charge is 2.24. The van der Waals surface area contributed by atoms with E-state index in [0.717, 1.165) is 0 Å². The van der Waals surface area contributed by atoms with Crippen molar-refractivity contribution in [3.8, 4) is 5.69 Å². The molecule has 1 atom stereocenters. The number of amides is 2. The average Bonchev–Trinajstić information content (AvgIpc) is 2.84. The van der Waals surface area contributed by atoms with Crippen LogP contribution in [0.2, 0.25) is 0 Å². The summed E-state index contributed by atoms with van der Waals surface area (Å²) < 4.78 is 14.9. The zero-order chi connectivity index (χ0) is 24.4. The molecule has 1 unspecified atom stereocenters.